The number of hydrogen-bond acceptors (Lipinski definition) is 5. The van der Waals surface area contributed by atoms with E-state index in [2.05, 4.69) is 27.6 Å². The van der Waals surface area contributed by atoms with Crippen molar-refractivity contribution in [2.45, 2.75) is 24.1 Å². The highest BCUT2D eigenvalue weighted by Crippen LogP contribution is 2.21. The maximum Gasteiger partial charge on any atom is 0.230 e. The van der Waals surface area contributed by atoms with Crippen molar-refractivity contribution < 1.29 is 4.79 Å². The first-order chi connectivity index (χ1) is 9.74. The van der Waals surface area contributed by atoms with Gasteiger partial charge in [0.15, 0.2) is 4.34 Å². The van der Waals surface area contributed by atoms with E-state index in [1.165, 1.54) is 28.7 Å². The van der Waals surface area contributed by atoms with Crippen LogP contribution in [0.1, 0.15) is 17.0 Å². The molecular weight excluding hydrogens is 290 g/mol. The lowest BCUT2D eigenvalue weighted by Crippen LogP contribution is -2.26. The van der Waals surface area contributed by atoms with Crippen LogP contribution in [0, 0.1) is 6.92 Å². The second-order valence-corrected chi connectivity index (χ2v) is 6.72. The van der Waals surface area contributed by atoms with Crippen molar-refractivity contribution in [3.63, 3.8) is 0 Å². The van der Waals surface area contributed by atoms with E-state index in [4.69, 9.17) is 0 Å². The molecule has 1 aromatic carbocycles. The Balaban J connectivity index is 1.58. The molecule has 2 rings (SSSR count). The third-order valence-corrected chi connectivity index (χ3v) is 4.61. The van der Waals surface area contributed by atoms with Crippen LogP contribution in [0.3, 0.4) is 0 Å². The summed E-state index contributed by atoms with van der Waals surface area (Å²) in [5, 5.41) is 11.7. The third kappa shape index (κ3) is 5.30. The van der Waals surface area contributed by atoms with Gasteiger partial charge >= 0.3 is 0 Å². The van der Waals surface area contributed by atoms with Crippen LogP contribution in [0.15, 0.2) is 34.7 Å². The topological polar surface area (TPSA) is 54.9 Å². The number of aryl methyl sites for hydroxylation is 2. The Morgan fingerprint density at radius 2 is 2.10 bits per heavy atom. The fourth-order valence-electron chi connectivity index (χ4n) is 1.68. The Morgan fingerprint density at radius 1 is 1.30 bits per heavy atom. The van der Waals surface area contributed by atoms with E-state index in [0.717, 1.165) is 22.2 Å². The Hall–Kier alpha value is -1.40. The highest BCUT2D eigenvalue weighted by Gasteiger charge is 2.05. The molecule has 1 amide bonds. The second kappa shape index (κ2) is 8.01. The number of thioether (sulfide) groups is 1. The smallest absolute Gasteiger partial charge is 0.230 e. The van der Waals surface area contributed by atoms with Crippen molar-refractivity contribution >= 4 is 29.0 Å². The third-order valence-electron chi connectivity index (χ3n) is 2.64. The van der Waals surface area contributed by atoms with Crippen LogP contribution in [-0.4, -0.2) is 28.4 Å². The fourth-order valence-corrected chi connectivity index (χ4v) is 3.33. The molecule has 0 unspecified atom stereocenters. The minimum atomic E-state index is 0.0518. The van der Waals surface area contributed by atoms with Crippen molar-refractivity contribution in [3.8, 4) is 0 Å². The molecule has 1 N–H and O–H groups in total. The second-order valence-electron chi connectivity index (χ2n) is 4.31. The first kappa shape index (κ1) is 15.0. The number of amides is 1. The van der Waals surface area contributed by atoms with E-state index >= 15 is 0 Å². The lowest BCUT2D eigenvalue weighted by molar-refractivity contribution is -0.118. The first-order valence-corrected chi connectivity index (χ1v) is 8.28. The molecule has 6 heteroatoms. The molecule has 1 aromatic heterocycles. The molecule has 0 aliphatic rings. The number of hydrogen-bond donors (Lipinski definition) is 1. The van der Waals surface area contributed by atoms with Crippen LogP contribution in [-0.2, 0) is 11.2 Å². The van der Waals surface area contributed by atoms with Crippen LogP contribution < -0.4 is 5.32 Å². The standard InChI is InChI=1S/C14H17N3OS2/c1-11-16-17-14(20-11)19-10-13(18)15-9-5-8-12-6-3-2-4-7-12/h2-4,6-7H,5,8-10H2,1H3,(H,15,18). The number of carbonyl (C=O) groups excluding carboxylic acids is 1. The predicted octanol–water partition coefficient (Wildman–Crippen LogP) is 2.69. The van der Waals surface area contributed by atoms with Gasteiger partial charge in [0.25, 0.3) is 0 Å². The molecule has 1 heterocycles. The van der Waals surface area contributed by atoms with Gasteiger partial charge in [0.1, 0.15) is 5.01 Å². The molecule has 0 spiro atoms. The van der Waals surface area contributed by atoms with E-state index in [-0.39, 0.29) is 5.91 Å². The molecule has 0 saturated heterocycles. The summed E-state index contributed by atoms with van der Waals surface area (Å²) in [5.74, 6) is 0.455. The van der Waals surface area contributed by atoms with Gasteiger partial charge in [-0.3, -0.25) is 4.79 Å². The Morgan fingerprint density at radius 3 is 2.80 bits per heavy atom. The van der Waals surface area contributed by atoms with Crippen molar-refractivity contribution in [2.75, 3.05) is 12.3 Å². The molecule has 0 saturated carbocycles. The molecule has 20 heavy (non-hydrogen) atoms. The summed E-state index contributed by atoms with van der Waals surface area (Å²) in [6.45, 7) is 2.62. The number of benzene rings is 1. The zero-order chi connectivity index (χ0) is 14.2. The lowest BCUT2D eigenvalue weighted by Gasteiger charge is -2.04. The van der Waals surface area contributed by atoms with Crippen molar-refractivity contribution in [1.29, 1.82) is 0 Å². The molecule has 0 aliphatic carbocycles. The molecule has 0 bridgehead atoms. The maximum absolute atomic E-state index is 11.7. The van der Waals surface area contributed by atoms with Gasteiger partial charge in [0.05, 0.1) is 5.75 Å². The Labute approximate surface area is 127 Å². The Bertz CT molecular complexity index is 542. The summed E-state index contributed by atoms with van der Waals surface area (Å²) in [4.78, 5) is 11.7. The van der Waals surface area contributed by atoms with E-state index in [1.807, 2.05) is 25.1 Å². The maximum atomic E-state index is 11.7. The van der Waals surface area contributed by atoms with Crippen LogP contribution in [0.4, 0.5) is 0 Å². The van der Waals surface area contributed by atoms with Crippen molar-refractivity contribution in [3.05, 3.63) is 40.9 Å². The molecule has 106 valence electrons. The van der Waals surface area contributed by atoms with Gasteiger partial charge in [-0.25, -0.2) is 0 Å². The summed E-state index contributed by atoms with van der Waals surface area (Å²) in [7, 11) is 0. The van der Waals surface area contributed by atoms with Gasteiger partial charge in [-0.2, -0.15) is 0 Å². The first-order valence-electron chi connectivity index (χ1n) is 6.47. The zero-order valence-electron chi connectivity index (χ0n) is 11.3. The van der Waals surface area contributed by atoms with Gasteiger partial charge in [-0.15, -0.1) is 10.2 Å². The predicted molar refractivity (Wildman–Crippen MR) is 83.1 cm³/mol. The van der Waals surface area contributed by atoms with Crippen molar-refractivity contribution in [1.82, 2.24) is 15.5 Å². The van der Waals surface area contributed by atoms with Gasteiger partial charge in [-0.05, 0) is 25.3 Å². The minimum absolute atomic E-state index is 0.0518. The molecule has 0 aliphatic heterocycles. The lowest BCUT2D eigenvalue weighted by atomic mass is 10.1. The van der Waals surface area contributed by atoms with Crippen LogP contribution in [0.2, 0.25) is 0 Å². The SMILES string of the molecule is Cc1nnc(SCC(=O)NCCCc2ccccc2)s1. The number of nitrogens with one attached hydrogen (secondary N) is 1. The summed E-state index contributed by atoms with van der Waals surface area (Å²) < 4.78 is 0.849. The monoisotopic (exact) mass is 307 g/mol. The van der Waals surface area contributed by atoms with Crippen LogP contribution in [0.5, 0.6) is 0 Å². The normalized spacial score (nSPS) is 10.4. The summed E-state index contributed by atoms with van der Waals surface area (Å²) >= 11 is 2.95. The number of carbonyl (C=O) groups is 1. The quantitative estimate of drug-likeness (QED) is 0.631. The highest BCUT2D eigenvalue weighted by atomic mass is 32.2. The van der Waals surface area contributed by atoms with Gasteiger partial charge in [0.2, 0.25) is 5.91 Å². The molecule has 0 fully saturated rings. The summed E-state index contributed by atoms with van der Waals surface area (Å²) in [6.07, 6.45) is 1.95. The molecule has 2 aromatic rings. The molecule has 0 atom stereocenters. The minimum Gasteiger partial charge on any atom is -0.355 e. The highest BCUT2D eigenvalue weighted by molar-refractivity contribution is 8.01. The van der Waals surface area contributed by atoms with E-state index in [0.29, 0.717) is 12.3 Å². The Kier molecular flexibility index (Phi) is 6.01. The van der Waals surface area contributed by atoms with Gasteiger partial charge in [0, 0.05) is 6.54 Å². The van der Waals surface area contributed by atoms with E-state index in [9.17, 15) is 4.79 Å². The molecular formula is C14H17N3OS2. The zero-order valence-corrected chi connectivity index (χ0v) is 13.0. The van der Waals surface area contributed by atoms with Crippen molar-refractivity contribution in [2.24, 2.45) is 0 Å². The number of nitrogens with zero attached hydrogens (tertiary/aromatic N) is 2. The van der Waals surface area contributed by atoms with E-state index in [1.54, 1.807) is 0 Å². The number of aromatic nitrogens is 2. The summed E-state index contributed by atoms with van der Waals surface area (Å²) in [5.41, 5.74) is 1.31. The number of rotatable bonds is 7. The van der Waals surface area contributed by atoms with Gasteiger partial charge in [-0.1, -0.05) is 53.4 Å². The largest absolute Gasteiger partial charge is 0.355 e. The average molecular weight is 307 g/mol. The average Bonchev–Trinajstić information content (AvgIpc) is 2.88. The summed E-state index contributed by atoms with van der Waals surface area (Å²) in [6, 6.07) is 10.3. The van der Waals surface area contributed by atoms with Crippen LogP contribution >= 0.6 is 23.1 Å². The van der Waals surface area contributed by atoms with E-state index < -0.39 is 0 Å². The fraction of sp³-hybridized carbons (Fsp3) is 0.357. The van der Waals surface area contributed by atoms with Crippen LogP contribution in [0.25, 0.3) is 0 Å². The van der Waals surface area contributed by atoms with Gasteiger partial charge < -0.3 is 5.32 Å². The molecule has 0 radical (unpaired) electrons. The molecule has 4 nitrogen and oxygen atoms in total.